The van der Waals surface area contributed by atoms with E-state index in [2.05, 4.69) is 10.8 Å². The molecule has 72 valence electrons. The molecule has 0 rings (SSSR count). The number of hydrogen-bond donors (Lipinski definition) is 0. The van der Waals surface area contributed by atoms with Crippen LogP contribution < -0.4 is 0 Å². The molecule has 0 radical (unpaired) electrons. The van der Waals surface area contributed by atoms with Gasteiger partial charge in [-0.3, -0.25) is 4.18 Å². The van der Waals surface area contributed by atoms with Crippen LogP contribution in [-0.2, 0) is 14.3 Å². The van der Waals surface area contributed by atoms with Gasteiger partial charge in [0.2, 0.25) is 0 Å². The smallest absolute Gasteiger partial charge is 0.267 e. The lowest BCUT2D eigenvalue weighted by atomic mass is 10.1. The molecule has 0 saturated carbocycles. The van der Waals surface area contributed by atoms with Gasteiger partial charge in [0.1, 0.15) is 0 Å². The molecule has 12 heavy (non-hydrogen) atoms. The number of rotatable bonds is 6. The lowest BCUT2D eigenvalue weighted by Gasteiger charge is -2.07. The molecule has 1 unspecified atom stereocenters. The molecular weight excluding hydrogens is 176 g/mol. The van der Waals surface area contributed by atoms with Crippen LogP contribution in [0.25, 0.3) is 0 Å². The predicted octanol–water partition coefficient (Wildman–Crippen LogP) is 1.56. The Bertz CT molecular complexity index is 218. The highest BCUT2D eigenvalue weighted by atomic mass is 32.2. The molecule has 4 heteroatoms. The van der Waals surface area contributed by atoms with Crippen LogP contribution >= 0.6 is 0 Å². The molecule has 0 aromatic carbocycles. The van der Waals surface area contributed by atoms with E-state index in [1.165, 1.54) is 7.11 Å². The minimum Gasteiger partial charge on any atom is -0.273 e. The molecule has 0 aromatic heterocycles. The van der Waals surface area contributed by atoms with Gasteiger partial charge in [-0.2, -0.15) is 8.42 Å². The molecule has 0 aliphatic carbocycles. The Morgan fingerprint density at radius 3 is 2.58 bits per heavy atom. The second-order valence-corrected chi connectivity index (χ2v) is 4.70. The zero-order valence-corrected chi connectivity index (χ0v) is 8.43. The largest absolute Gasteiger partial charge is 0.273 e. The average Bonchev–Trinajstić information content (AvgIpc) is 2.02. The third kappa shape index (κ3) is 5.32. The monoisotopic (exact) mass is 192 g/mol. The fourth-order valence-corrected chi connectivity index (χ4v) is 1.69. The molecule has 0 fully saturated rings. The summed E-state index contributed by atoms with van der Waals surface area (Å²) in [5, 5.41) is 0. The lowest BCUT2D eigenvalue weighted by Crippen LogP contribution is -2.10. The Kier molecular flexibility index (Phi) is 5.17. The van der Waals surface area contributed by atoms with Crippen LogP contribution in [0, 0.1) is 5.92 Å². The molecule has 0 heterocycles. The van der Waals surface area contributed by atoms with E-state index < -0.39 is 10.1 Å². The van der Waals surface area contributed by atoms with Crippen LogP contribution in [0.5, 0.6) is 0 Å². The van der Waals surface area contributed by atoms with Gasteiger partial charge in [-0.15, -0.1) is 6.58 Å². The van der Waals surface area contributed by atoms with Gasteiger partial charge < -0.3 is 0 Å². The first-order chi connectivity index (χ1) is 5.52. The summed E-state index contributed by atoms with van der Waals surface area (Å²) in [7, 11) is -2.08. The van der Waals surface area contributed by atoms with E-state index in [1.54, 1.807) is 6.08 Å². The Morgan fingerprint density at radius 2 is 2.17 bits per heavy atom. The van der Waals surface area contributed by atoms with Crippen molar-refractivity contribution in [1.29, 1.82) is 0 Å². The molecule has 0 aromatic rings. The normalized spacial score (nSPS) is 14.2. The maximum Gasteiger partial charge on any atom is 0.267 e. The highest BCUT2D eigenvalue weighted by molar-refractivity contribution is 7.86. The fourth-order valence-electron chi connectivity index (χ4n) is 0.831. The Balaban J connectivity index is 3.75. The Morgan fingerprint density at radius 1 is 1.58 bits per heavy atom. The molecule has 0 aliphatic rings. The first kappa shape index (κ1) is 11.6. The zero-order valence-electron chi connectivity index (χ0n) is 7.62. The summed E-state index contributed by atoms with van der Waals surface area (Å²) in [5.41, 5.74) is 0. The van der Waals surface area contributed by atoms with E-state index in [4.69, 9.17) is 0 Å². The third-order valence-electron chi connectivity index (χ3n) is 1.68. The van der Waals surface area contributed by atoms with Crippen LogP contribution in [0.15, 0.2) is 12.7 Å². The Hall–Kier alpha value is -0.350. The topological polar surface area (TPSA) is 43.4 Å². The molecule has 0 bridgehead atoms. The zero-order chi connectivity index (χ0) is 9.61. The van der Waals surface area contributed by atoms with Gasteiger partial charge in [0.05, 0.1) is 12.9 Å². The number of allylic oxidation sites excluding steroid dienone is 1. The first-order valence-electron chi connectivity index (χ1n) is 3.91. The van der Waals surface area contributed by atoms with E-state index >= 15 is 0 Å². The van der Waals surface area contributed by atoms with Gasteiger partial charge in [-0.05, 0) is 18.8 Å². The van der Waals surface area contributed by atoms with Crippen LogP contribution in [0.2, 0.25) is 0 Å². The fraction of sp³-hybridized carbons (Fsp3) is 0.750. The van der Waals surface area contributed by atoms with Gasteiger partial charge in [0, 0.05) is 0 Å². The highest BCUT2D eigenvalue weighted by Crippen LogP contribution is 2.09. The molecule has 0 spiro atoms. The molecule has 0 N–H and O–H groups in total. The van der Waals surface area contributed by atoms with Gasteiger partial charge in [-0.25, -0.2) is 0 Å². The van der Waals surface area contributed by atoms with Crippen molar-refractivity contribution in [3.05, 3.63) is 12.7 Å². The minimum atomic E-state index is -3.27. The van der Waals surface area contributed by atoms with E-state index in [0.29, 0.717) is 12.3 Å². The SMILES string of the molecule is C=CCC(C)CCS(=O)(=O)OC. The summed E-state index contributed by atoms with van der Waals surface area (Å²) in [6.07, 6.45) is 3.27. The van der Waals surface area contributed by atoms with Crippen molar-refractivity contribution in [2.24, 2.45) is 5.92 Å². The summed E-state index contributed by atoms with van der Waals surface area (Å²) in [6, 6.07) is 0. The van der Waals surface area contributed by atoms with Crippen LogP contribution in [0.1, 0.15) is 19.8 Å². The highest BCUT2D eigenvalue weighted by Gasteiger charge is 2.10. The van der Waals surface area contributed by atoms with E-state index in [0.717, 1.165) is 6.42 Å². The second-order valence-electron chi connectivity index (χ2n) is 2.85. The van der Waals surface area contributed by atoms with Gasteiger partial charge in [0.25, 0.3) is 10.1 Å². The summed E-state index contributed by atoms with van der Waals surface area (Å²) in [5.74, 6) is 0.450. The maximum absolute atomic E-state index is 10.9. The molecule has 0 saturated heterocycles. The molecule has 1 atom stereocenters. The Labute approximate surface area is 74.6 Å². The van der Waals surface area contributed by atoms with Crippen molar-refractivity contribution in [3.63, 3.8) is 0 Å². The van der Waals surface area contributed by atoms with Crippen molar-refractivity contribution >= 4 is 10.1 Å². The minimum absolute atomic E-state index is 0.0957. The average molecular weight is 192 g/mol. The quantitative estimate of drug-likeness (QED) is 0.474. The predicted molar refractivity (Wildman–Crippen MR) is 49.4 cm³/mol. The van der Waals surface area contributed by atoms with E-state index in [-0.39, 0.29) is 5.75 Å². The van der Waals surface area contributed by atoms with Gasteiger partial charge >= 0.3 is 0 Å². The number of hydrogen-bond acceptors (Lipinski definition) is 3. The van der Waals surface area contributed by atoms with Crippen molar-refractivity contribution in [2.45, 2.75) is 19.8 Å². The lowest BCUT2D eigenvalue weighted by molar-refractivity contribution is 0.393. The molecule has 0 aliphatic heterocycles. The van der Waals surface area contributed by atoms with Crippen molar-refractivity contribution < 1.29 is 12.6 Å². The van der Waals surface area contributed by atoms with Crippen LogP contribution in [-0.4, -0.2) is 21.3 Å². The summed E-state index contributed by atoms with van der Waals surface area (Å²) < 4.78 is 26.0. The molecule has 0 amide bonds. The van der Waals surface area contributed by atoms with Crippen molar-refractivity contribution in [1.82, 2.24) is 0 Å². The van der Waals surface area contributed by atoms with Crippen LogP contribution in [0.4, 0.5) is 0 Å². The van der Waals surface area contributed by atoms with Crippen molar-refractivity contribution in [3.8, 4) is 0 Å². The summed E-state index contributed by atoms with van der Waals surface area (Å²) >= 11 is 0. The molecule has 3 nitrogen and oxygen atoms in total. The van der Waals surface area contributed by atoms with E-state index in [9.17, 15) is 8.42 Å². The van der Waals surface area contributed by atoms with Gasteiger partial charge in [0.15, 0.2) is 0 Å². The first-order valence-corrected chi connectivity index (χ1v) is 5.48. The third-order valence-corrected chi connectivity index (χ3v) is 2.93. The van der Waals surface area contributed by atoms with Gasteiger partial charge in [-0.1, -0.05) is 13.0 Å². The van der Waals surface area contributed by atoms with E-state index in [1.807, 2.05) is 6.92 Å². The molecular formula is C8H16O3S. The summed E-state index contributed by atoms with van der Waals surface area (Å²) in [6.45, 7) is 5.58. The summed E-state index contributed by atoms with van der Waals surface area (Å²) in [4.78, 5) is 0. The standard InChI is InChI=1S/C8H16O3S/c1-4-5-8(2)6-7-12(9,10)11-3/h4,8H,1,5-7H2,2-3H3. The van der Waals surface area contributed by atoms with Crippen molar-refractivity contribution in [2.75, 3.05) is 12.9 Å². The maximum atomic E-state index is 10.9. The van der Waals surface area contributed by atoms with Crippen LogP contribution in [0.3, 0.4) is 0 Å². The second kappa shape index (κ2) is 5.32.